The third-order valence-corrected chi connectivity index (χ3v) is 7.61. The number of rotatable bonds is 3. The number of piperidine rings is 1. The van der Waals surface area contributed by atoms with Crippen LogP contribution in [0.4, 0.5) is 0 Å². The van der Waals surface area contributed by atoms with E-state index in [2.05, 4.69) is 10.8 Å². The highest BCUT2D eigenvalue weighted by Gasteiger charge is 2.40. The second-order valence-corrected chi connectivity index (χ2v) is 10.9. The fourth-order valence-electron chi connectivity index (χ4n) is 5.30. The van der Waals surface area contributed by atoms with E-state index in [0.29, 0.717) is 31.9 Å². The molecule has 0 spiro atoms. The number of carbonyl (C=O) groups excluding carboxylic acids is 1. The zero-order valence-electron chi connectivity index (χ0n) is 18.5. The van der Waals surface area contributed by atoms with Gasteiger partial charge in [-0.05, 0) is 62.5 Å². The van der Waals surface area contributed by atoms with Gasteiger partial charge in [0.15, 0.2) is 6.10 Å². The van der Waals surface area contributed by atoms with Gasteiger partial charge in [-0.2, -0.15) is 0 Å². The molecule has 2 fully saturated rings. The molecule has 1 aromatic carbocycles. The van der Waals surface area contributed by atoms with Gasteiger partial charge in [-0.25, -0.2) is 13.1 Å². The standard InChI is InChI=1S/C23H34N2O5S/c1-3-21-23(26)25-14-6-8-19(24-31(2,27)28)20(25)15-29-17-12-10-16(11-13-17)18-7-4-5-9-22(18)30-21/h4-5,7,9,16-17,19-21,24H,3,6,8,10-15H2,1-2H3/t16-,17+,19-,20-,21-/m0/s1. The molecule has 1 saturated heterocycles. The Labute approximate surface area is 185 Å². The number of nitrogens with zero attached hydrogens (tertiary/aromatic N) is 1. The molecule has 5 rings (SSSR count). The first kappa shape index (κ1) is 22.6. The predicted molar refractivity (Wildman–Crippen MR) is 119 cm³/mol. The van der Waals surface area contributed by atoms with Gasteiger partial charge in [0.05, 0.1) is 25.0 Å². The van der Waals surface area contributed by atoms with Gasteiger partial charge in [-0.1, -0.05) is 25.1 Å². The molecule has 31 heavy (non-hydrogen) atoms. The zero-order chi connectivity index (χ0) is 22.0. The summed E-state index contributed by atoms with van der Waals surface area (Å²) in [6, 6.07) is 7.40. The van der Waals surface area contributed by atoms with Gasteiger partial charge >= 0.3 is 0 Å². The first-order valence-corrected chi connectivity index (χ1v) is 13.4. The molecule has 8 heteroatoms. The Hall–Kier alpha value is -1.64. The molecule has 1 amide bonds. The number of nitrogens with one attached hydrogen (secondary N) is 1. The van der Waals surface area contributed by atoms with E-state index in [1.807, 2.05) is 25.1 Å². The molecular formula is C23H34N2O5S. The van der Waals surface area contributed by atoms with Crippen LogP contribution in [-0.4, -0.2) is 62.9 Å². The van der Waals surface area contributed by atoms with Gasteiger partial charge in [0.25, 0.3) is 5.91 Å². The van der Waals surface area contributed by atoms with Gasteiger partial charge in [-0.15, -0.1) is 0 Å². The molecule has 4 aliphatic rings. The summed E-state index contributed by atoms with van der Waals surface area (Å²) in [6.45, 7) is 2.89. The Morgan fingerprint density at radius 2 is 1.87 bits per heavy atom. The number of carbonyl (C=O) groups is 1. The largest absolute Gasteiger partial charge is 0.480 e. The minimum Gasteiger partial charge on any atom is -0.480 e. The molecule has 3 atom stereocenters. The maximum atomic E-state index is 13.6. The van der Waals surface area contributed by atoms with Crippen LogP contribution in [-0.2, 0) is 19.6 Å². The molecule has 3 aliphatic heterocycles. The highest BCUT2D eigenvalue weighted by molar-refractivity contribution is 7.88. The normalized spacial score (nSPS) is 32.1. The van der Waals surface area contributed by atoms with E-state index in [0.717, 1.165) is 37.9 Å². The Bertz CT molecular complexity index is 882. The van der Waals surface area contributed by atoms with Crippen molar-refractivity contribution in [1.29, 1.82) is 0 Å². The maximum absolute atomic E-state index is 13.6. The summed E-state index contributed by atoms with van der Waals surface area (Å²) in [6.07, 6.45) is 6.67. The molecule has 3 heterocycles. The monoisotopic (exact) mass is 450 g/mol. The summed E-state index contributed by atoms with van der Waals surface area (Å²) in [5, 5.41) is 0. The first-order chi connectivity index (χ1) is 14.9. The second kappa shape index (κ2) is 9.46. The van der Waals surface area contributed by atoms with Gasteiger partial charge in [-0.3, -0.25) is 4.79 Å². The highest BCUT2D eigenvalue weighted by Crippen LogP contribution is 2.39. The highest BCUT2D eigenvalue weighted by atomic mass is 32.2. The fraction of sp³-hybridized carbons (Fsp3) is 0.696. The molecule has 1 saturated carbocycles. The first-order valence-electron chi connectivity index (χ1n) is 11.5. The molecule has 0 aromatic heterocycles. The Balaban J connectivity index is 1.68. The summed E-state index contributed by atoms with van der Waals surface area (Å²) in [7, 11) is -3.39. The molecule has 7 nitrogen and oxygen atoms in total. The lowest BCUT2D eigenvalue weighted by atomic mass is 9.82. The van der Waals surface area contributed by atoms with Crippen molar-refractivity contribution in [2.45, 2.75) is 82.1 Å². The average molecular weight is 451 g/mol. The number of sulfonamides is 1. The third-order valence-electron chi connectivity index (χ3n) is 6.88. The van der Waals surface area contributed by atoms with E-state index >= 15 is 0 Å². The predicted octanol–water partition coefficient (Wildman–Crippen LogP) is 2.81. The van der Waals surface area contributed by atoms with E-state index < -0.39 is 16.1 Å². The lowest BCUT2D eigenvalue weighted by molar-refractivity contribution is -0.146. The van der Waals surface area contributed by atoms with Gasteiger partial charge in [0.1, 0.15) is 5.75 Å². The molecular weight excluding hydrogens is 416 g/mol. The smallest absolute Gasteiger partial charge is 0.264 e. The van der Waals surface area contributed by atoms with Crippen molar-refractivity contribution in [3.8, 4) is 5.75 Å². The van der Waals surface area contributed by atoms with Crippen LogP contribution < -0.4 is 9.46 Å². The Morgan fingerprint density at radius 1 is 1.13 bits per heavy atom. The Morgan fingerprint density at radius 3 is 2.58 bits per heavy atom. The lowest BCUT2D eigenvalue weighted by Crippen LogP contribution is -2.61. The van der Waals surface area contributed by atoms with Crippen molar-refractivity contribution in [2.24, 2.45) is 0 Å². The molecule has 0 radical (unpaired) electrons. The maximum Gasteiger partial charge on any atom is 0.264 e. The van der Waals surface area contributed by atoms with Crippen molar-refractivity contribution < 1.29 is 22.7 Å². The molecule has 1 N–H and O–H groups in total. The number of hydrogen-bond donors (Lipinski definition) is 1. The summed E-state index contributed by atoms with van der Waals surface area (Å²) in [5.41, 5.74) is 1.18. The van der Waals surface area contributed by atoms with Crippen molar-refractivity contribution >= 4 is 15.9 Å². The average Bonchev–Trinajstić information content (AvgIpc) is 2.76. The summed E-state index contributed by atoms with van der Waals surface area (Å²) in [4.78, 5) is 15.4. The molecule has 172 valence electrons. The number of fused-ring (bicyclic) bond motifs is 5. The van der Waals surface area contributed by atoms with E-state index in [4.69, 9.17) is 9.47 Å². The Kier molecular flexibility index (Phi) is 6.89. The molecule has 1 aliphatic carbocycles. The van der Waals surface area contributed by atoms with Gasteiger partial charge in [0.2, 0.25) is 10.0 Å². The topological polar surface area (TPSA) is 84.9 Å². The van der Waals surface area contributed by atoms with Crippen LogP contribution in [0.3, 0.4) is 0 Å². The van der Waals surface area contributed by atoms with Crippen molar-refractivity contribution in [1.82, 2.24) is 9.62 Å². The zero-order valence-corrected chi connectivity index (χ0v) is 19.3. The minimum atomic E-state index is -3.39. The van der Waals surface area contributed by atoms with Crippen LogP contribution >= 0.6 is 0 Å². The summed E-state index contributed by atoms with van der Waals surface area (Å²) in [5.74, 6) is 1.12. The number of hydrogen-bond acceptors (Lipinski definition) is 5. The summed E-state index contributed by atoms with van der Waals surface area (Å²) >= 11 is 0. The van der Waals surface area contributed by atoms with Gasteiger partial charge < -0.3 is 14.4 Å². The molecule has 0 unspecified atom stereocenters. The van der Waals surface area contributed by atoms with Crippen molar-refractivity contribution in [3.63, 3.8) is 0 Å². The minimum absolute atomic E-state index is 0.0857. The number of amides is 1. The quantitative estimate of drug-likeness (QED) is 0.766. The molecule has 2 bridgehead atoms. The van der Waals surface area contributed by atoms with Gasteiger partial charge in [0, 0.05) is 12.6 Å². The van der Waals surface area contributed by atoms with E-state index in [1.165, 1.54) is 11.8 Å². The fourth-order valence-corrected chi connectivity index (χ4v) is 6.12. The van der Waals surface area contributed by atoms with E-state index in [1.54, 1.807) is 4.90 Å². The van der Waals surface area contributed by atoms with Crippen LogP contribution in [0.1, 0.15) is 63.4 Å². The number of benzene rings is 1. The third kappa shape index (κ3) is 5.23. The summed E-state index contributed by atoms with van der Waals surface area (Å²) < 4.78 is 39.3. The van der Waals surface area contributed by atoms with E-state index in [-0.39, 0.29) is 24.1 Å². The van der Waals surface area contributed by atoms with Crippen molar-refractivity contribution in [3.05, 3.63) is 29.8 Å². The van der Waals surface area contributed by atoms with Crippen LogP contribution in [0.2, 0.25) is 0 Å². The SMILES string of the molecule is CC[C@@H]1Oc2ccccc2[C@H]2CC[C@H](CC2)OC[C@H]2[C@@H](NS(C)(=O)=O)CCCN2C1=O. The lowest BCUT2D eigenvalue weighted by Gasteiger charge is -2.42. The van der Waals surface area contributed by atoms with E-state index in [9.17, 15) is 13.2 Å². The van der Waals surface area contributed by atoms with Crippen LogP contribution in [0.25, 0.3) is 0 Å². The number of ether oxygens (including phenoxy) is 2. The van der Waals surface area contributed by atoms with Crippen LogP contribution in [0, 0.1) is 0 Å². The van der Waals surface area contributed by atoms with Crippen molar-refractivity contribution in [2.75, 3.05) is 19.4 Å². The van der Waals surface area contributed by atoms with Crippen LogP contribution in [0.15, 0.2) is 24.3 Å². The molecule has 1 aromatic rings. The number of para-hydroxylation sites is 1. The second-order valence-electron chi connectivity index (χ2n) is 9.10. The van der Waals surface area contributed by atoms with Crippen LogP contribution in [0.5, 0.6) is 5.75 Å².